The predicted octanol–water partition coefficient (Wildman–Crippen LogP) is 3.85. The Bertz CT molecular complexity index is 474. The smallest absolute Gasteiger partial charge is 0.118 e. The Morgan fingerprint density at radius 2 is 1.62 bits per heavy atom. The maximum absolute atomic E-state index is 9.70. The summed E-state index contributed by atoms with van der Waals surface area (Å²) in [5.41, 5.74) is 3.34. The second-order valence-corrected chi connectivity index (χ2v) is 4.18. The summed E-state index contributed by atoms with van der Waals surface area (Å²) in [5, 5.41) is 9.70. The fourth-order valence-electron chi connectivity index (χ4n) is 1.83. The molecule has 0 saturated carbocycles. The molecule has 0 amide bonds. The number of hydrogen-bond donors (Lipinski definition) is 1. The van der Waals surface area contributed by atoms with Gasteiger partial charge in [0.1, 0.15) is 5.75 Å². The molecule has 16 heavy (non-hydrogen) atoms. The molecule has 0 spiro atoms. The Hall–Kier alpha value is -1.76. The summed E-state index contributed by atoms with van der Waals surface area (Å²) in [4.78, 5) is 0. The lowest BCUT2D eigenvalue weighted by molar-refractivity contribution is 0.470. The van der Waals surface area contributed by atoms with Gasteiger partial charge in [0.25, 0.3) is 0 Å². The number of aromatic hydroxyl groups is 1. The lowest BCUT2D eigenvalue weighted by Crippen LogP contribution is -1.95. The summed E-state index contributed by atoms with van der Waals surface area (Å²) in [6, 6.07) is 16.2. The minimum absolute atomic E-state index is 0.313. The molecule has 2 aromatic rings. The maximum atomic E-state index is 9.70. The standard InChI is InChI=1S/C15H16O/c1-11-8-9-14(10-15(11)16)12(2)13-6-4-3-5-7-13/h3-10,12,16H,1-2H3. The SMILES string of the molecule is Cc1ccc(C(C)c2ccccc2)cc1O. The van der Waals surface area contributed by atoms with Crippen LogP contribution < -0.4 is 0 Å². The first kappa shape index (κ1) is 10.7. The summed E-state index contributed by atoms with van der Waals surface area (Å²) < 4.78 is 0. The Kier molecular flexibility index (Phi) is 2.95. The van der Waals surface area contributed by atoms with Crippen LogP contribution in [0.15, 0.2) is 48.5 Å². The first-order valence-electron chi connectivity index (χ1n) is 5.53. The highest BCUT2D eigenvalue weighted by Gasteiger charge is 2.09. The van der Waals surface area contributed by atoms with Crippen molar-refractivity contribution in [1.29, 1.82) is 0 Å². The number of hydrogen-bond acceptors (Lipinski definition) is 1. The van der Waals surface area contributed by atoms with Crippen molar-refractivity contribution in [3.05, 3.63) is 65.2 Å². The molecule has 0 heterocycles. The van der Waals surface area contributed by atoms with Crippen LogP contribution in [0.2, 0.25) is 0 Å². The van der Waals surface area contributed by atoms with Crippen molar-refractivity contribution in [3.8, 4) is 5.75 Å². The molecule has 2 rings (SSSR count). The van der Waals surface area contributed by atoms with Gasteiger partial charge >= 0.3 is 0 Å². The van der Waals surface area contributed by atoms with E-state index in [-0.39, 0.29) is 0 Å². The van der Waals surface area contributed by atoms with Crippen molar-refractivity contribution in [3.63, 3.8) is 0 Å². The highest BCUT2D eigenvalue weighted by Crippen LogP contribution is 2.27. The fourth-order valence-corrected chi connectivity index (χ4v) is 1.83. The van der Waals surface area contributed by atoms with Gasteiger partial charge in [-0.05, 0) is 29.7 Å². The average Bonchev–Trinajstić information content (AvgIpc) is 2.33. The Morgan fingerprint density at radius 3 is 2.25 bits per heavy atom. The van der Waals surface area contributed by atoms with Crippen molar-refractivity contribution in [1.82, 2.24) is 0 Å². The van der Waals surface area contributed by atoms with E-state index >= 15 is 0 Å². The first-order chi connectivity index (χ1) is 7.68. The van der Waals surface area contributed by atoms with Crippen LogP contribution in [0.1, 0.15) is 29.5 Å². The molecule has 1 atom stereocenters. The second-order valence-electron chi connectivity index (χ2n) is 4.18. The molecule has 0 aromatic heterocycles. The van der Waals surface area contributed by atoms with Gasteiger partial charge in [0.05, 0.1) is 0 Å². The lowest BCUT2D eigenvalue weighted by Gasteiger charge is -2.13. The van der Waals surface area contributed by atoms with Crippen molar-refractivity contribution in [2.45, 2.75) is 19.8 Å². The molecule has 0 aliphatic rings. The van der Waals surface area contributed by atoms with Gasteiger partial charge in [-0.1, -0.05) is 49.4 Å². The van der Waals surface area contributed by atoms with E-state index in [0.29, 0.717) is 11.7 Å². The Balaban J connectivity index is 2.34. The van der Waals surface area contributed by atoms with Gasteiger partial charge in [-0.25, -0.2) is 0 Å². The van der Waals surface area contributed by atoms with Crippen molar-refractivity contribution >= 4 is 0 Å². The monoisotopic (exact) mass is 212 g/mol. The van der Waals surface area contributed by atoms with Crippen LogP contribution in [-0.4, -0.2) is 5.11 Å². The molecule has 0 saturated heterocycles. The summed E-state index contributed by atoms with van der Waals surface area (Å²) in [7, 11) is 0. The number of phenols is 1. The van der Waals surface area contributed by atoms with Crippen LogP contribution in [-0.2, 0) is 0 Å². The van der Waals surface area contributed by atoms with E-state index in [1.807, 2.05) is 37.3 Å². The minimum Gasteiger partial charge on any atom is -0.508 e. The van der Waals surface area contributed by atoms with Crippen molar-refractivity contribution in [2.75, 3.05) is 0 Å². The van der Waals surface area contributed by atoms with E-state index in [4.69, 9.17) is 0 Å². The van der Waals surface area contributed by atoms with E-state index in [1.165, 1.54) is 5.56 Å². The zero-order valence-electron chi connectivity index (χ0n) is 9.64. The lowest BCUT2D eigenvalue weighted by atomic mass is 9.92. The number of aryl methyl sites for hydroxylation is 1. The number of phenolic OH excluding ortho intramolecular Hbond substituents is 1. The quantitative estimate of drug-likeness (QED) is 0.801. The molecule has 1 heteroatoms. The molecular formula is C15H16O. The summed E-state index contributed by atoms with van der Waals surface area (Å²) in [5.74, 6) is 0.688. The molecule has 0 fully saturated rings. The van der Waals surface area contributed by atoms with Crippen LogP contribution in [0.4, 0.5) is 0 Å². The van der Waals surface area contributed by atoms with Crippen molar-refractivity contribution in [2.24, 2.45) is 0 Å². The molecule has 0 radical (unpaired) electrons. The Labute approximate surface area is 96.4 Å². The van der Waals surface area contributed by atoms with Gasteiger partial charge in [-0.3, -0.25) is 0 Å². The van der Waals surface area contributed by atoms with Gasteiger partial charge in [0.2, 0.25) is 0 Å². The van der Waals surface area contributed by atoms with Crippen LogP contribution >= 0.6 is 0 Å². The van der Waals surface area contributed by atoms with E-state index in [9.17, 15) is 5.11 Å². The molecule has 1 unspecified atom stereocenters. The number of rotatable bonds is 2. The van der Waals surface area contributed by atoms with E-state index < -0.39 is 0 Å². The summed E-state index contributed by atoms with van der Waals surface area (Å²) in [6.45, 7) is 4.06. The molecular weight excluding hydrogens is 196 g/mol. The van der Waals surface area contributed by atoms with Gasteiger partial charge in [0.15, 0.2) is 0 Å². The Morgan fingerprint density at radius 1 is 0.938 bits per heavy atom. The molecule has 0 aliphatic heterocycles. The maximum Gasteiger partial charge on any atom is 0.118 e. The second kappa shape index (κ2) is 4.40. The molecule has 2 aromatic carbocycles. The molecule has 1 nitrogen and oxygen atoms in total. The number of benzene rings is 2. The van der Waals surface area contributed by atoms with Crippen molar-refractivity contribution < 1.29 is 5.11 Å². The fraction of sp³-hybridized carbons (Fsp3) is 0.200. The van der Waals surface area contributed by atoms with Gasteiger partial charge in [-0.15, -0.1) is 0 Å². The third kappa shape index (κ3) is 2.08. The van der Waals surface area contributed by atoms with E-state index in [2.05, 4.69) is 25.1 Å². The molecule has 82 valence electrons. The largest absolute Gasteiger partial charge is 0.508 e. The average molecular weight is 212 g/mol. The van der Waals surface area contributed by atoms with Gasteiger partial charge in [-0.2, -0.15) is 0 Å². The predicted molar refractivity (Wildman–Crippen MR) is 66.8 cm³/mol. The summed E-state index contributed by atoms with van der Waals surface area (Å²) in [6.07, 6.45) is 0. The normalized spacial score (nSPS) is 12.4. The van der Waals surface area contributed by atoms with Crippen LogP contribution in [0, 0.1) is 6.92 Å². The zero-order chi connectivity index (χ0) is 11.5. The third-order valence-electron chi connectivity index (χ3n) is 3.03. The third-order valence-corrected chi connectivity index (χ3v) is 3.03. The highest BCUT2D eigenvalue weighted by molar-refractivity contribution is 5.40. The van der Waals surface area contributed by atoms with Crippen LogP contribution in [0.3, 0.4) is 0 Å². The first-order valence-corrected chi connectivity index (χ1v) is 5.53. The topological polar surface area (TPSA) is 20.2 Å². The van der Waals surface area contributed by atoms with Crippen LogP contribution in [0.5, 0.6) is 5.75 Å². The molecule has 0 aliphatic carbocycles. The van der Waals surface area contributed by atoms with Gasteiger partial charge < -0.3 is 5.11 Å². The summed E-state index contributed by atoms with van der Waals surface area (Å²) >= 11 is 0. The minimum atomic E-state index is 0.313. The molecule has 0 bridgehead atoms. The van der Waals surface area contributed by atoms with E-state index in [0.717, 1.165) is 11.1 Å². The van der Waals surface area contributed by atoms with E-state index in [1.54, 1.807) is 0 Å². The van der Waals surface area contributed by atoms with Crippen LogP contribution in [0.25, 0.3) is 0 Å². The van der Waals surface area contributed by atoms with Gasteiger partial charge in [0, 0.05) is 5.92 Å². The highest BCUT2D eigenvalue weighted by atomic mass is 16.3. The zero-order valence-corrected chi connectivity index (χ0v) is 9.64. The molecule has 1 N–H and O–H groups in total.